The zero-order chi connectivity index (χ0) is 20.4. The van der Waals surface area contributed by atoms with Crippen LogP contribution < -0.4 is 0 Å². The molecule has 0 aromatic heterocycles. The lowest BCUT2D eigenvalue weighted by Crippen LogP contribution is -2.50. The van der Waals surface area contributed by atoms with Gasteiger partial charge in [0, 0.05) is 19.4 Å². The van der Waals surface area contributed by atoms with Gasteiger partial charge in [0.05, 0.1) is 0 Å². The van der Waals surface area contributed by atoms with E-state index in [9.17, 15) is 9.59 Å². The van der Waals surface area contributed by atoms with Crippen LogP contribution in [0.5, 0.6) is 0 Å². The van der Waals surface area contributed by atoms with Crippen LogP contribution in [0.2, 0.25) is 0 Å². The summed E-state index contributed by atoms with van der Waals surface area (Å²) in [5, 5.41) is 0. The molecule has 0 spiro atoms. The van der Waals surface area contributed by atoms with E-state index in [-0.39, 0.29) is 23.5 Å². The van der Waals surface area contributed by atoms with Crippen molar-refractivity contribution in [2.24, 2.45) is 34.5 Å². The summed E-state index contributed by atoms with van der Waals surface area (Å²) in [6.45, 7) is 7.02. The van der Waals surface area contributed by atoms with Crippen LogP contribution in [0.15, 0.2) is 23.3 Å². The van der Waals surface area contributed by atoms with Crippen molar-refractivity contribution in [2.45, 2.75) is 78.2 Å². The van der Waals surface area contributed by atoms with Gasteiger partial charge in [-0.25, -0.2) is 4.79 Å². The molecule has 0 aromatic rings. The largest absolute Gasteiger partial charge is 0.462 e. The Morgan fingerprint density at radius 2 is 1.97 bits per heavy atom. The van der Waals surface area contributed by atoms with Crippen molar-refractivity contribution >= 4 is 11.9 Å². The van der Waals surface area contributed by atoms with Gasteiger partial charge >= 0.3 is 11.9 Å². The highest BCUT2D eigenvalue weighted by Crippen LogP contribution is 2.67. The lowest BCUT2D eigenvalue weighted by atomic mass is 9.47. The normalized spacial score (nSPS) is 46.0. The minimum absolute atomic E-state index is 0.0694. The van der Waals surface area contributed by atoms with Gasteiger partial charge < -0.3 is 9.47 Å². The van der Waals surface area contributed by atoms with Crippen LogP contribution in [-0.4, -0.2) is 24.6 Å². The van der Waals surface area contributed by atoms with Crippen LogP contribution in [0.1, 0.15) is 72.1 Å². The number of carbonyl (C=O) groups is 2. The molecule has 1 heterocycles. The highest BCUT2D eigenvalue weighted by atomic mass is 16.5. The third kappa shape index (κ3) is 2.92. The molecule has 29 heavy (non-hydrogen) atoms. The molecule has 158 valence electrons. The Balaban J connectivity index is 1.39. The highest BCUT2D eigenvalue weighted by Gasteiger charge is 2.59. The van der Waals surface area contributed by atoms with E-state index in [4.69, 9.17) is 9.47 Å². The van der Waals surface area contributed by atoms with E-state index in [0.717, 1.165) is 37.0 Å². The van der Waals surface area contributed by atoms with Crippen LogP contribution >= 0.6 is 0 Å². The molecular weight excluding hydrogens is 364 g/mol. The minimum atomic E-state index is -0.151. The molecule has 3 fully saturated rings. The van der Waals surface area contributed by atoms with Crippen molar-refractivity contribution in [2.75, 3.05) is 6.61 Å². The van der Waals surface area contributed by atoms with E-state index in [1.807, 2.05) is 0 Å². The zero-order valence-electron chi connectivity index (χ0n) is 18.0. The third-order valence-corrected chi connectivity index (χ3v) is 9.52. The summed E-state index contributed by atoms with van der Waals surface area (Å²) < 4.78 is 10.8. The maximum Gasteiger partial charge on any atom is 0.331 e. The fourth-order valence-electron chi connectivity index (χ4n) is 8.16. The first-order valence-corrected chi connectivity index (χ1v) is 11.6. The molecule has 1 aliphatic heterocycles. The Labute approximate surface area is 174 Å². The number of hydrogen-bond acceptors (Lipinski definition) is 4. The lowest BCUT2D eigenvalue weighted by Gasteiger charge is -2.58. The van der Waals surface area contributed by atoms with Gasteiger partial charge in [-0.3, -0.25) is 4.79 Å². The van der Waals surface area contributed by atoms with Crippen LogP contribution in [0.3, 0.4) is 0 Å². The summed E-state index contributed by atoms with van der Waals surface area (Å²) in [6, 6.07) is 0. The van der Waals surface area contributed by atoms with Gasteiger partial charge in [-0.2, -0.15) is 0 Å². The van der Waals surface area contributed by atoms with Gasteiger partial charge in [0.15, 0.2) is 0 Å². The molecule has 4 heteroatoms. The van der Waals surface area contributed by atoms with Crippen LogP contribution in [-0.2, 0) is 19.1 Å². The predicted octanol–water partition coefficient (Wildman–Crippen LogP) is 4.98. The van der Waals surface area contributed by atoms with Crippen molar-refractivity contribution < 1.29 is 19.1 Å². The van der Waals surface area contributed by atoms with E-state index < -0.39 is 0 Å². The molecule has 3 saturated carbocycles. The highest BCUT2D eigenvalue weighted by molar-refractivity contribution is 5.85. The molecule has 5 rings (SSSR count). The van der Waals surface area contributed by atoms with Crippen LogP contribution in [0.4, 0.5) is 0 Å². The third-order valence-electron chi connectivity index (χ3n) is 9.52. The first kappa shape index (κ1) is 19.4. The number of hydrogen-bond donors (Lipinski definition) is 0. The Hall–Kier alpha value is -1.58. The van der Waals surface area contributed by atoms with Crippen LogP contribution in [0, 0.1) is 34.5 Å². The summed E-state index contributed by atoms with van der Waals surface area (Å²) in [6.07, 6.45) is 13.6. The predicted molar refractivity (Wildman–Crippen MR) is 110 cm³/mol. The van der Waals surface area contributed by atoms with Gasteiger partial charge in [-0.05, 0) is 85.0 Å². The number of rotatable bonds is 2. The summed E-state index contributed by atoms with van der Waals surface area (Å²) in [5.74, 6) is 2.44. The van der Waals surface area contributed by atoms with Crippen molar-refractivity contribution in [1.29, 1.82) is 0 Å². The summed E-state index contributed by atoms with van der Waals surface area (Å²) in [7, 11) is 0. The molecule has 0 N–H and O–H groups in total. The van der Waals surface area contributed by atoms with Gasteiger partial charge in [-0.15, -0.1) is 0 Å². The number of carbonyl (C=O) groups excluding carboxylic acids is 2. The summed E-state index contributed by atoms with van der Waals surface area (Å²) in [4.78, 5) is 23.1. The number of fused-ring (bicyclic) bond motifs is 5. The zero-order valence-corrected chi connectivity index (χ0v) is 18.0. The molecule has 0 saturated heterocycles. The van der Waals surface area contributed by atoms with E-state index in [0.29, 0.717) is 17.9 Å². The molecule has 0 radical (unpaired) electrons. The molecule has 0 aromatic carbocycles. The lowest BCUT2D eigenvalue weighted by molar-refractivity contribution is -0.148. The first-order chi connectivity index (χ1) is 13.8. The Morgan fingerprint density at radius 3 is 2.69 bits per heavy atom. The molecule has 0 amide bonds. The molecule has 5 aliphatic rings. The average Bonchev–Trinajstić information content (AvgIpc) is 3.24. The van der Waals surface area contributed by atoms with Crippen molar-refractivity contribution in [3.05, 3.63) is 23.3 Å². The topological polar surface area (TPSA) is 52.6 Å². The number of ether oxygens (including phenoxy) is 2. The second-order valence-corrected chi connectivity index (χ2v) is 10.7. The van der Waals surface area contributed by atoms with E-state index in [1.165, 1.54) is 44.6 Å². The van der Waals surface area contributed by atoms with Gasteiger partial charge in [-0.1, -0.05) is 25.5 Å². The van der Waals surface area contributed by atoms with Gasteiger partial charge in [0.25, 0.3) is 0 Å². The maximum atomic E-state index is 11.7. The van der Waals surface area contributed by atoms with Gasteiger partial charge in [0.1, 0.15) is 12.7 Å². The SMILES string of the molecule is CC(=O)O[C@H]1CC[C@@]2(C)C(=CC[C@H]3[C@H]4CC[C@H](C5=CC(=O)OC5)[C@@]4(C)CC[C@@H]32)C1. The second-order valence-electron chi connectivity index (χ2n) is 10.7. The summed E-state index contributed by atoms with van der Waals surface area (Å²) >= 11 is 0. The molecule has 0 bridgehead atoms. The van der Waals surface area contributed by atoms with Crippen molar-refractivity contribution in [3.8, 4) is 0 Å². The monoisotopic (exact) mass is 398 g/mol. The smallest absolute Gasteiger partial charge is 0.331 e. The Morgan fingerprint density at radius 1 is 1.14 bits per heavy atom. The van der Waals surface area contributed by atoms with Crippen molar-refractivity contribution in [1.82, 2.24) is 0 Å². The number of esters is 2. The number of allylic oxidation sites excluding steroid dienone is 1. The molecule has 7 atom stereocenters. The second kappa shape index (κ2) is 6.72. The Kier molecular flexibility index (Phi) is 4.49. The van der Waals surface area contributed by atoms with E-state index in [2.05, 4.69) is 19.9 Å². The quantitative estimate of drug-likeness (QED) is 0.486. The minimum Gasteiger partial charge on any atom is -0.462 e. The standard InChI is InChI=1S/C25H34O4/c1-15(26)29-18-8-10-24(2)17(13-18)4-5-19-21-7-6-20(16-12-23(27)28-14-16)25(21,3)11-9-22(19)24/h4,12,18-22H,5-11,13-14H2,1-3H3/t18-,19-,20+,21+,22-,24-,25+/m0/s1. The Bertz CT molecular complexity index is 795. The van der Waals surface area contributed by atoms with Crippen molar-refractivity contribution in [3.63, 3.8) is 0 Å². The maximum absolute atomic E-state index is 11.7. The fraction of sp³-hybridized carbons (Fsp3) is 0.760. The first-order valence-electron chi connectivity index (χ1n) is 11.6. The molecule has 4 nitrogen and oxygen atoms in total. The molecule has 4 aliphatic carbocycles. The molecule has 0 unspecified atom stereocenters. The van der Waals surface area contributed by atoms with E-state index >= 15 is 0 Å². The van der Waals surface area contributed by atoms with Crippen LogP contribution in [0.25, 0.3) is 0 Å². The summed E-state index contributed by atoms with van der Waals surface area (Å²) in [5.41, 5.74) is 3.37. The van der Waals surface area contributed by atoms with E-state index in [1.54, 1.807) is 11.6 Å². The number of cyclic esters (lactones) is 1. The van der Waals surface area contributed by atoms with Gasteiger partial charge in [0.2, 0.25) is 0 Å². The fourth-order valence-corrected chi connectivity index (χ4v) is 8.16. The molecular formula is C25H34O4. The average molecular weight is 399 g/mol.